The van der Waals surface area contributed by atoms with E-state index in [9.17, 15) is 9.50 Å². The fraction of sp³-hybridized carbons (Fsp3) is 0.538. The predicted molar refractivity (Wildman–Crippen MR) is 64.7 cm³/mol. The van der Waals surface area contributed by atoms with E-state index in [4.69, 9.17) is 11.6 Å². The maximum atomic E-state index is 13.1. The van der Waals surface area contributed by atoms with E-state index in [1.807, 2.05) is 0 Å². The SMILES string of the molecule is OCC12CNCC(c3ccc(F)cc3Cl)(C1)C2. The Morgan fingerprint density at radius 1 is 1.35 bits per heavy atom. The monoisotopic (exact) mass is 255 g/mol. The number of nitrogens with one attached hydrogen (secondary N) is 1. The van der Waals surface area contributed by atoms with Gasteiger partial charge in [-0.1, -0.05) is 17.7 Å². The molecule has 4 rings (SSSR count). The molecule has 2 heterocycles. The first-order valence-corrected chi connectivity index (χ1v) is 6.24. The summed E-state index contributed by atoms with van der Waals surface area (Å²) < 4.78 is 13.1. The number of piperidine rings is 2. The van der Waals surface area contributed by atoms with Gasteiger partial charge in [-0.3, -0.25) is 0 Å². The minimum Gasteiger partial charge on any atom is -0.396 e. The van der Waals surface area contributed by atoms with Crippen LogP contribution in [0, 0.1) is 11.2 Å². The summed E-state index contributed by atoms with van der Waals surface area (Å²) in [6.07, 6.45) is 1.88. The molecule has 3 aliphatic rings. The molecule has 1 aliphatic carbocycles. The molecule has 3 fully saturated rings. The summed E-state index contributed by atoms with van der Waals surface area (Å²) in [7, 11) is 0. The minimum atomic E-state index is -0.299. The molecule has 0 amide bonds. The van der Waals surface area contributed by atoms with Crippen LogP contribution in [0.2, 0.25) is 5.02 Å². The third-order valence-electron chi connectivity index (χ3n) is 4.23. The van der Waals surface area contributed by atoms with E-state index in [2.05, 4.69) is 5.32 Å². The molecule has 1 aromatic rings. The number of aliphatic hydroxyl groups is 1. The second kappa shape index (κ2) is 3.67. The first kappa shape index (κ1) is 11.5. The molecular weight excluding hydrogens is 241 g/mol. The number of aliphatic hydroxyl groups excluding tert-OH is 1. The zero-order valence-corrected chi connectivity index (χ0v) is 10.2. The molecule has 17 heavy (non-hydrogen) atoms. The van der Waals surface area contributed by atoms with Gasteiger partial charge in [-0.05, 0) is 30.5 Å². The molecule has 2 aliphatic heterocycles. The van der Waals surface area contributed by atoms with Gasteiger partial charge in [0.05, 0.1) is 0 Å². The second-order valence-electron chi connectivity index (χ2n) is 5.52. The third kappa shape index (κ3) is 1.60. The summed E-state index contributed by atoms with van der Waals surface area (Å²) in [4.78, 5) is 0. The molecule has 0 spiro atoms. The quantitative estimate of drug-likeness (QED) is 0.848. The van der Waals surface area contributed by atoms with Crippen molar-refractivity contribution in [1.29, 1.82) is 0 Å². The van der Waals surface area contributed by atoms with Crippen LogP contribution in [0.25, 0.3) is 0 Å². The van der Waals surface area contributed by atoms with Crippen LogP contribution in [0.1, 0.15) is 18.4 Å². The zero-order valence-electron chi connectivity index (χ0n) is 9.47. The number of rotatable bonds is 2. The summed E-state index contributed by atoms with van der Waals surface area (Å²) >= 11 is 6.14. The first-order chi connectivity index (χ1) is 8.09. The van der Waals surface area contributed by atoms with E-state index in [1.165, 1.54) is 12.1 Å². The van der Waals surface area contributed by atoms with Crippen LogP contribution in [0.5, 0.6) is 0 Å². The topological polar surface area (TPSA) is 32.3 Å². The number of hydrogen-bond acceptors (Lipinski definition) is 2. The van der Waals surface area contributed by atoms with E-state index in [1.54, 1.807) is 6.07 Å². The average molecular weight is 256 g/mol. The van der Waals surface area contributed by atoms with Gasteiger partial charge in [0.25, 0.3) is 0 Å². The van der Waals surface area contributed by atoms with E-state index in [0.717, 1.165) is 31.5 Å². The third-order valence-corrected chi connectivity index (χ3v) is 4.54. The van der Waals surface area contributed by atoms with E-state index < -0.39 is 0 Å². The Bertz CT molecular complexity index is 457. The molecule has 2 saturated heterocycles. The lowest BCUT2D eigenvalue weighted by Gasteiger charge is -2.60. The summed E-state index contributed by atoms with van der Waals surface area (Å²) in [6, 6.07) is 4.62. The highest BCUT2D eigenvalue weighted by atomic mass is 35.5. The normalized spacial score (nSPS) is 35.5. The van der Waals surface area contributed by atoms with Gasteiger partial charge in [0.1, 0.15) is 5.82 Å². The van der Waals surface area contributed by atoms with Crippen LogP contribution in [0.3, 0.4) is 0 Å². The van der Waals surface area contributed by atoms with Crippen molar-refractivity contribution in [1.82, 2.24) is 5.32 Å². The maximum absolute atomic E-state index is 13.1. The summed E-state index contributed by atoms with van der Waals surface area (Å²) in [5.41, 5.74) is 1.01. The highest BCUT2D eigenvalue weighted by molar-refractivity contribution is 6.31. The van der Waals surface area contributed by atoms with Crippen molar-refractivity contribution in [2.45, 2.75) is 18.3 Å². The highest BCUT2D eigenvalue weighted by Crippen LogP contribution is 2.58. The van der Waals surface area contributed by atoms with Crippen molar-refractivity contribution >= 4 is 11.6 Å². The number of benzene rings is 1. The van der Waals surface area contributed by atoms with Gasteiger partial charge in [0, 0.05) is 35.5 Å². The Kier molecular flexibility index (Phi) is 2.47. The van der Waals surface area contributed by atoms with Gasteiger partial charge < -0.3 is 10.4 Å². The number of halogens is 2. The molecule has 1 saturated carbocycles. The number of hydrogen-bond donors (Lipinski definition) is 2. The van der Waals surface area contributed by atoms with Crippen molar-refractivity contribution in [3.8, 4) is 0 Å². The van der Waals surface area contributed by atoms with Gasteiger partial charge in [-0.2, -0.15) is 0 Å². The van der Waals surface area contributed by atoms with Gasteiger partial charge in [-0.25, -0.2) is 4.39 Å². The molecule has 4 heteroatoms. The van der Waals surface area contributed by atoms with Crippen LogP contribution < -0.4 is 5.32 Å². The molecule has 0 aromatic heterocycles. The second-order valence-corrected chi connectivity index (χ2v) is 5.93. The molecule has 92 valence electrons. The highest BCUT2D eigenvalue weighted by Gasteiger charge is 2.58. The van der Waals surface area contributed by atoms with Crippen molar-refractivity contribution in [2.24, 2.45) is 5.41 Å². The largest absolute Gasteiger partial charge is 0.396 e. The Hall–Kier alpha value is -0.640. The Morgan fingerprint density at radius 3 is 2.76 bits per heavy atom. The molecular formula is C13H15ClFNO. The van der Waals surface area contributed by atoms with Gasteiger partial charge in [0.2, 0.25) is 0 Å². The van der Waals surface area contributed by atoms with Gasteiger partial charge in [-0.15, -0.1) is 0 Å². The van der Waals surface area contributed by atoms with Crippen molar-refractivity contribution in [3.05, 3.63) is 34.6 Å². The van der Waals surface area contributed by atoms with Gasteiger partial charge >= 0.3 is 0 Å². The van der Waals surface area contributed by atoms with Crippen LogP contribution in [-0.2, 0) is 5.41 Å². The minimum absolute atomic E-state index is 0.00817. The smallest absolute Gasteiger partial charge is 0.124 e. The first-order valence-electron chi connectivity index (χ1n) is 5.86. The molecule has 1 aromatic carbocycles. The van der Waals surface area contributed by atoms with E-state index in [-0.39, 0.29) is 23.3 Å². The average Bonchev–Trinajstić information content (AvgIpc) is 2.28. The van der Waals surface area contributed by atoms with Crippen molar-refractivity contribution in [3.63, 3.8) is 0 Å². The maximum Gasteiger partial charge on any atom is 0.124 e. The van der Waals surface area contributed by atoms with Crippen LogP contribution in [-0.4, -0.2) is 24.8 Å². The standard InChI is InChI=1S/C13H15ClFNO/c14-11-3-9(15)1-2-10(11)13-4-12(5-13,8-17)6-16-7-13/h1-3,16-17H,4-8H2. The summed E-state index contributed by atoms with van der Waals surface area (Å²) in [5, 5.41) is 13.3. The lowest BCUT2D eigenvalue weighted by Crippen LogP contribution is -2.65. The summed E-state index contributed by atoms with van der Waals surface area (Å²) in [6.45, 7) is 1.94. The fourth-order valence-electron chi connectivity index (χ4n) is 3.57. The Morgan fingerprint density at radius 2 is 2.12 bits per heavy atom. The number of fused-ring (bicyclic) bond motifs is 2. The molecule has 2 N–H and O–H groups in total. The van der Waals surface area contributed by atoms with Crippen LogP contribution >= 0.6 is 11.6 Å². The van der Waals surface area contributed by atoms with Crippen molar-refractivity contribution < 1.29 is 9.50 Å². The molecule has 0 unspecified atom stereocenters. The molecule has 2 nitrogen and oxygen atoms in total. The van der Waals surface area contributed by atoms with E-state index in [0.29, 0.717) is 5.02 Å². The molecule has 0 atom stereocenters. The Labute approximate surface area is 105 Å². The molecule has 0 radical (unpaired) electrons. The van der Waals surface area contributed by atoms with Crippen LogP contribution in [0.4, 0.5) is 4.39 Å². The van der Waals surface area contributed by atoms with Crippen LogP contribution in [0.15, 0.2) is 18.2 Å². The van der Waals surface area contributed by atoms with Crippen molar-refractivity contribution in [2.75, 3.05) is 19.7 Å². The lowest BCUT2D eigenvalue weighted by atomic mass is 9.48. The molecule has 2 bridgehead atoms. The summed E-state index contributed by atoms with van der Waals surface area (Å²) in [5.74, 6) is -0.299. The van der Waals surface area contributed by atoms with Gasteiger partial charge in [0.15, 0.2) is 0 Å². The lowest BCUT2D eigenvalue weighted by molar-refractivity contribution is -0.0581. The Balaban J connectivity index is 1.95. The predicted octanol–water partition coefficient (Wildman–Crippen LogP) is 2.09. The fourth-order valence-corrected chi connectivity index (χ4v) is 3.94. The zero-order chi connectivity index (χ0) is 12.1. The van der Waals surface area contributed by atoms with E-state index >= 15 is 0 Å².